The Balaban J connectivity index is 0.00000264. The Hall–Kier alpha value is -1.36. The van der Waals surface area contributed by atoms with Crippen molar-refractivity contribution in [3.05, 3.63) is 57.8 Å². The Morgan fingerprint density at radius 2 is 1.83 bits per heavy atom. The Kier molecular flexibility index (Phi) is 7.76. The summed E-state index contributed by atoms with van der Waals surface area (Å²) in [7, 11) is 0. The van der Waals surface area contributed by atoms with E-state index in [0.29, 0.717) is 0 Å². The molecule has 1 heterocycles. The molecule has 2 aromatic rings. The molecule has 0 spiro atoms. The van der Waals surface area contributed by atoms with Gasteiger partial charge < -0.3 is 11.1 Å². The summed E-state index contributed by atoms with van der Waals surface area (Å²) >= 11 is 1.78. The molecule has 0 aliphatic carbocycles. The fourth-order valence-electron chi connectivity index (χ4n) is 2.45. The zero-order chi connectivity index (χ0) is 16.1. The van der Waals surface area contributed by atoms with Gasteiger partial charge >= 0.3 is 0 Å². The number of halogens is 1. The van der Waals surface area contributed by atoms with Crippen molar-refractivity contribution in [1.29, 1.82) is 0 Å². The van der Waals surface area contributed by atoms with E-state index in [4.69, 9.17) is 5.73 Å². The van der Waals surface area contributed by atoms with Gasteiger partial charge in [0.15, 0.2) is 0 Å². The molecule has 0 aliphatic rings. The number of nitrogens with one attached hydrogen (secondary N) is 1. The van der Waals surface area contributed by atoms with E-state index in [1.807, 2.05) is 44.2 Å². The Bertz CT molecular complexity index is 614. The molecule has 1 aromatic carbocycles. The largest absolute Gasteiger partial charge is 0.353 e. The minimum absolute atomic E-state index is 0. The van der Waals surface area contributed by atoms with Crippen LogP contribution in [-0.2, 0) is 11.2 Å². The minimum atomic E-state index is -0.280. The minimum Gasteiger partial charge on any atom is -0.353 e. The van der Waals surface area contributed by atoms with E-state index in [9.17, 15) is 4.79 Å². The maximum Gasteiger partial charge on any atom is 0.224 e. The van der Waals surface area contributed by atoms with E-state index in [-0.39, 0.29) is 36.3 Å². The van der Waals surface area contributed by atoms with Crippen LogP contribution in [0.1, 0.15) is 35.2 Å². The lowest BCUT2D eigenvalue weighted by Crippen LogP contribution is -2.40. The fraction of sp³-hybridized carbons (Fsp3) is 0.389. The Labute approximate surface area is 148 Å². The highest BCUT2D eigenvalue weighted by molar-refractivity contribution is 7.11. The molecule has 0 fully saturated rings. The number of rotatable bonds is 6. The molecule has 0 saturated heterocycles. The van der Waals surface area contributed by atoms with Crippen LogP contribution >= 0.6 is 23.7 Å². The van der Waals surface area contributed by atoms with Gasteiger partial charge in [-0.1, -0.05) is 37.3 Å². The van der Waals surface area contributed by atoms with Crippen molar-refractivity contribution in [3.63, 3.8) is 0 Å². The summed E-state index contributed by atoms with van der Waals surface area (Å²) < 4.78 is 0. The maximum atomic E-state index is 12.4. The van der Waals surface area contributed by atoms with Crippen LogP contribution in [0.4, 0.5) is 0 Å². The van der Waals surface area contributed by atoms with Crippen molar-refractivity contribution in [2.75, 3.05) is 0 Å². The Morgan fingerprint density at radius 3 is 2.39 bits per heavy atom. The first kappa shape index (κ1) is 19.7. The van der Waals surface area contributed by atoms with Crippen molar-refractivity contribution in [3.8, 4) is 0 Å². The van der Waals surface area contributed by atoms with Crippen LogP contribution in [0.25, 0.3) is 0 Å². The lowest BCUT2D eigenvalue weighted by Gasteiger charge is -2.22. The molecule has 0 aliphatic heterocycles. The molecule has 0 radical (unpaired) electrons. The summed E-state index contributed by atoms with van der Waals surface area (Å²) in [6.45, 7) is 6.01. The smallest absolute Gasteiger partial charge is 0.224 e. The third-order valence-electron chi connectivity index (χ3n) is 3.83. The van der Waals surface area contributed by atoms with Crippen molar-refractivity contribution in [2.45, 2.75) is 39.3 Å². The molecule has 0 saturated carbocycles. The van der Waals surface area contributed by atoms with E-state index in [2.05, 4.69) is 24.4 Å². The molecule has 3 unspecified atom stereocenters. The number of amides is 1. The molecule has 2 rings (SSSR count). The molecule has 5 heteroatoms. The van der Waals surface area contributed by atoms with Gasteiger partial charge in [0.05, 0.1) is 5.92 Å². The van der Waals surface area contributed by atoms with E-state index in [1.54, 1.807) is 11.3 Å². The maximum absolute atomic E-state index is 12.4. The average Bonchev–Trinajstić information content (AvgIpc) is 2.91. The molecule has 3 nitrogen and oxygen atoms in total. The lowest BCUT2D eigenvalue weighted by molar-refractivity contribution is -0.125. The first-order valence-corrected chi connectivity index (χ1v) is 8.45. The number of carbonyl (C=O) groups is 1. The molecule has 126 valence electrons. The summed E-state index contributed by atoms with van der Waals surface area (Å²) in [5.74, 6) is -0.243. The van der Waals surface area contributed by atoms with Gasteiger partial charge in [0, 0.05) is 28.3 Å². The number of thiophene rings is 1. The quantitative estimate of drug-likeness (QED) is 0.829. The first-order valence-electron chi connectivity index (χ1n) is 7.63. The zero-order valence-electron chi connectivity index (χ0n) is 13.8. The molecule has 3 atom stereocenters. The van der Waals surface area contributed by atoms with E-state index in [1.165, 1.54) is 9.75 Å². The third-order valence-corrected chi connectivity index (χ3v) is 4.85. The van der Waals surface area contributed by atoms with Crippen LogP contribution in [0, 0.1) is 12.8 Å². The molecule has 0 bridgehead atoms. The van der Waals surface area contributed by atoms with Crippen LogP contribution in [0.2, 0.25) is 0 Å². The highest BCUT2D eigenvalue weighted by Gasteiger charge is 2.23. The first-order chi connectivity index (χ1) is 10.5. The standard InChI is InChI=1S/C18H24N2OS.ClH/c1-12(11-16-10-9-13(2)22-16)20-18(21)14(3)17(19)15-7-5-4-6-8-15;/h4-10,12,14,17H,11,19H2,1-3H3,(H,20,21);1H. The van der Waals surface area contributed by atoms with E-state index >= 15 is 0 Å². The van der Waals surface area contributed by atoms with Crippen LogP contribution in [-0.4, -0.2) is 11.9 Å². The van der Waals surface area contributed by atoms with E-state index < -0.39 is 0 Å². The molecular weight excluding hydrogens is 328 g/mol. The molecule has 3 N–H and O–H groups in total. The number of hydrogen-bond acceptors (Lipinski definition) is 3. The summed E-state index contributed by atoms with van der Waals surface area (Å²) in [4.78, 5) is 15.0. The number of aryl methyl sites for hydroxylation is 1. The topological polar surface area (TPSA) is 55.1 Å². The van der Waals surface area contributed by atoms with Gasteiger partial charge in [-0.25, -0.2) is 0 Å². The monoisotopic (exact) mass is 352 g/mol. The third kappa shape index (κ3) is 5.65. The zero-order valence-corrected chi connectivity index (χ0v) is 15.4. The second-order valence-corrected chi connectivity index (χ2v) is 7.22. The number of benzene rings is 1. The van der Waals surface area contributed by atoms with Gasteiger partial charge in [0.25, 0.3) is 0 Å². The normalized spacial score (nSPS) is 14.4. The van der Waals surface area contributed by atoms with Gasteiger partial charge in [-0.2, -0.15) is 0 Å². The van der Waals surface area contributed by atoms with Gasteiger partial charge in [0.2, 0.25) is 5.91 Å². The second kappa shape index (κ2) is 9.06. The SMILES string of the molecule is Cc1ccc(CC(C)NC(=O)C(C)C(N)c2ccccc2)s1.Cl. The van der Waals surface area contributed by atoms with Crippen molar-refractivity contribution in [2.24, 2.45) is 11.7 Å². The second-order valence-electron chi connectivity index (χ2n) is 5.85. The Morgan fingerprint density at radius 1 is 1.17 bits per heavy atom. The number of nitrogens with two attached hydrogens (primary N) is 1. The van der Waals surface area contributed by atoms with Crippen LogP contribution < -0.4 is 11.1 Å². The van der Waals surface area contributed by atoms with Crippen LogP contribution in [0.3, 0.4) is 0 Å². The van der Waals surface area contributed by atoms with Crippen LogP contribution in [0.15, 0.2) is 42.5 Å². The summed E-state index contributed by atoms with van der Waals surface area (Å²) in [6.07, 6.45) is 0.859. The lowest BCUT2D eigenvalue weighted by atomic mass is 9.94. The fourth-order valence-corrected chi connectivity index (χ4v) is 3.47. The summed E-state index contributed by atoms with van der Waals surface area (Å²) in [6, 6.07) is 13.8. The van der Waals surface area contributed by atoms with E-state index in [0.717, 1.165) is 12.0 Å². The van der Waals surface area contributed by atoms with Gasteiger partial charge in [-0.3, -0.25) is 4.79 Å². The van der Waals surface area contributed by atoms with Gasteiger partial charge in [0.1, 0.15) is 0 Å². The summed E-state index contributed by atoms with van der Waals surface area (Å²) in [5.41, 5.74) is 7.20. The van der Waals surface area contributed by atoms with Gasteiger partial charge in [-0.15, -0.1) is 23.7 Å². The highest BCUT2D eigenvalue weighted by Crippen LogP contribution is 2.20. The van der Waals surface area contributed by atoms with Crippen LogP contribution in [0.5, 0.6) is 0 Å². The highest BCUT2D eigenvalue weighted by atomic mass is 35.5. The molecular formula is C18H25ClN2OS. The predicted molar refractivity (Wildman–Crippen MR) is 100 cm³/mol. The van der Waals surface area contributed by atoms with Crippen molar-refractivity contribution < 1.29 is 4.79 Å². The molecule has 1 amide bonds. The number of carbonyl (C=O) groups excluding carboxylic acids is 1. The molecule has 23 heavy (non-hydrogen) atoms. The average molecular weight is 353 g/mol. The van der Waals surface area contributed by atoms with Crippen molar-refractivity contribution in [1.82, 2.24) is 5.32 Å². The summed E-state index contributed by atoms with van der Waals surface area (Å²) in [5, 5.41) is 3.08. The predicted octanol–water partition coefficient (Wildman–Crippen LogP) is 3.86. The number of hydrogen-bond donors (Lipinski definition) is 2. The van der Waals surface area contributed by atoms with Gasteiger partial charge in [-0.05, 0) is 31.5 Å². The molecule has 1 aromatic heterocycles. The van der Waals surface area contributed by atoms with Crippen molar-refractivity contribution >= 4 is 29.7 Å².